The van der Waals surface area contributed by atoms with Gasteiger partial charge in [-0.15, -0.1) is 0 Å². The van der Waals surface area contributed by atoms with Crippen molar-refractivity contribution in [2.45, 2.75) is 51.1 Å². The molecule has 3 rings (SSSR count). The number of aryl methyl sites for hydroxylation is 1. The van der Waals surface area contributed by atoms with Crippen molar-refractivity contribution in [3.05, 3.63) is 23.8 Å². The summed E-state index contributed by atoms with van der Waals surface area (Å²) in [6, 6.07) is 6.42. The maximum Gasteiger partial charge on any atom is 0.229 e. The molecule has 2 aliphatic rings. The minimum Gasteiger partial charge on any atom is -0.326 e. The van der Waals surface area contributed by atoms with Crippen molar-refractivity contribution in [1.29, 1.82) is 0 Å². The lowest BCUT2D eigenvalue weighted by atomic mass is 9.89. The van der Waals surface area contributed by atoms with Crippen molar-refractivity contribution in [1.82, 2.24) is 5.32 Å². The zero-order chi connectivity index (χ0) is 17.3. The molecular formula is C17H25N3O3S. The van der Waals surface area contributed by atoms with Gasteiger partial charge in [0.2, 0.25) is 15.9 Å². The second kappa shape index (κ2) is 6.72. The largest absolute Gasteiger partial charge is 0.326 e. The Balaban J connectivity index is 1.61. The van der Waals surface area contributed by atoms with E-state index in [1.807, 2.05) is 6.92 Å². The molecule has 0 spiro atoms. The van der Waals surface area contributed by atoms with E-state index in [4.69, 9.17) is 0 Å². The zero-order valence-corrected chi connectivity index (χ0v) is 14.9. The first-order chi connectivity index (χ1) is 11.3. The van der Waals surface area contributed by atoms with Crippen molar-refractivity contribution < 1.29 is 13.2 Å². The molecule has 132 valence electrons. The van der Waals surface area contributed by atoms with E-state index >= 15 is 0 Å². The summed E-state index contributed by atoms with van der Waals surface area (Å²) in [5, 5.41) is 6.48. The summed E-state index contributed by atoms with van der Waals surface area (Å²) < 4.78 is 25.3. The minimum absolute atomic E-state index is 0.00420. The molecule has 0 radical (unpaired) electrons. The smallest absolute Gasteiger partial charge is 0.229 e. The van der Waals surface area contributed by atoms with E-state index in [2.05, 4.69) is 15.4 Å². The molecule has 1 aromatic rings. The summed E-state index contributed by atoms with van der Waals surface area (Å²) in [6.45, 7) is 1.82. The molecule has 2 aliphatic heterocycles. The Labute approximate surface area is 143 Å². The highest BCUT2D eigenvalue weighted by Gasteiger charge is 2.34. The molecule has 1 amide bonds. The summed E-state index contributed by atoms with van der Waals surface area (Å²) in [5.74, 6) is 0.429. The van der Waals surface area contributed by atoms with Gasteiger partial charge in [0.1, 0.15) is 0 Å². The van der Waals surface area contributed by atoms with Gasteiger partial charge in [-0.1, -0.05) is 6.07 Å². The molecule has 2 bridgehead atoms. The van der Waals surface area contributed by atoms with Crippen molar-refractivity contribution in [2.75, 3.05) is 16.3 Å². The van der Waals surface area contributed by atoms with Gasteiger partial charge in [0.15, 0.2) is 0 Å². The Bertz CT molecular complexity index is 721. The summed E-state index contributed by atoms with van der Waals surface area (Å²) in [7, 11) is -3.34. The Hall–Kier alpha value is -1.60. The van der Waals surface area contributed by atoms with Crippen LogP contribution in [0.25, 0.3) is 0 Å². The van der Waals surface area contributed by atoms with Gasteiger partial charge in [-0.25, -0.2) is 8.42 Å². The van der Waals surface area contributed by atoms with E-state index in [0.717, 1.165) is 24.7 Å². The predicted octanol–water partition coefficient (Wildman–Crippen LogP) is 2.23. The standard InChI is InChI=1S/C17H25N3O3S/c1-11-3-4-15(10-16(11)20-24(2,22)23)19-17(21)9-12-7-13-5-6-14(8-12)18-13/h3-4,10,12-14,18,20H,5-9H2,1-2H3,(H,19,21). The number of nitrogens with one attached hydrogen (secondary N) is 3. The summed E-state index contributed by atoms with van der Waals surface area (Å²) >= 11 is 0. The minimum atomic E-state index is -3.34. The van der Waals surface area contributed by atoms with Crippen LogP contribution in [0.3, 0.4) is 0 Å². The molecule has 2 heterocycles. The second-order valence-electron chi connectivity index (χ2n) is 7.13. The average molecular weight is 351 g/mol. The van der Waals surface area contributed by atoms with E-state index in [1.54, 1.807) is 18.2 Å². The third-order valence-electron chi connectivity index (χ3n) is 4.86. The SMILES string of the molecule is Cc1ccc(NC(=O)CC2CC3CCC(C2)N3)cc1NS(C)(=O)=O. The predicted molar refractivity (Wildman–Crippen MR) is 95.6 cm³/mol. The van der Waals surface area contributed by atoms with Gasteiger partial charge in [0.05, 0.1) is 11.9 Å². The van der Waals surface area contributed by atoms with Crippen molar-refractivity contribution in [3.8, 4) is 0 Å². The van der Waals surface area contributed by atoms with Crippen LogP contribution in [0.5, 0.6) is 0 Å². The molecule has 2 saturated heterocycles. The Morgan fingerprint density at radius 1 is 1.25 bits per heavy atom. The van der Waals surface area contributed by atoms with Crippen LogP contribution in [-0.2, 0) is 14.8 Å². The van der Waals surface area contributed by atoms with Gasteiger partial charge in [-0.05, 0) is 56.2 Å². The Morgan fingerprint density at radius 2 is 1.92 bits per heavy atom. The third kappa shape index (κ3) is 4.48. The summed E-state index contributed by atoms with van der Waals surface area (Å²) in [5.41, 5.74) is 1.93. The normalized spacial score (nSPS) is 26.2. The lowest BCUT2D eigenvalue weighted by Gasteiger charge is -2.28. The van der Waals surface area contributed by atoms with Gasteiger partial charge >= 0.3 is 0 Å². The van der Waals surface area contributed by atoms with Crippen molar-refractivity contribution in [2.24, 2.45) is 5.92 Å². The van der Waals surface area contributed by atoms with Crippen molar-refractivity contribution in [3.63, 3.8) is 0 Å². The van der Waals surface area contributed by atoms with Crippen LogP contribution in [0.15, 0.2) is 18.2 Å². The monoisotopic (exact) mass is 351 g/mol. The molecule has 0 aromatic heterocycles. The van der Waals surface area contributed by atoms with Crippen molar-refractivity contribution >= 4 is 27.3 Å². The number of amides is 1. The molecule has 2 unspecified atom stereocenters. The molecule has 0 saturated carbocycles. The van der Waals surface area contributed by atoms with E-state index in [-0.39, 0.29) is 5.91 Å². The first-order valence-electron chi connectivity index (χ1n) is 8.43. The summed E-state index contributed by atoms with van der Waals surface area (Å²) in [4.78, 5) is 12.3. The average Bonchev–Trinajstić information content (AvgIpc) is 2.80. The van der Waals surface area contributed by atoms with Crippen LogP contribution < -0.4 is 15.4 Å². The van der Waals surface area contributed by atoms with Gasteiger partial charge < -0.3 is 10.6 Å². The van der Waals surface area contributed by atoms with E-state index in [9.17, 15) is 13.2 Å². The van der Waals surface area contributed by atoms with E-state index in [0.29, 0.717) is 35.8 Å². The van der Waals surface area contributed by atoms with Crippen LogP contribution in [0.4, 0.5) is 11.4 Å². The molecule has 3 N–H and O–H groups in total. The van der Waals surface area contributed by atoms with Crippen LogP contribution in [0, 0.1) is 12.8 Å². The molecule has 6 nitrogen and oxygen atoms in total. The molecule has 24 heavy (non-hydrogen) atoms. The number of rotatable bonds is 5. The lowest BCUT2D eigenvalue weighted by Crippen LogP contribution is -2.39. The highest BCUT2D eigenvalue weighted by atomic mass is 32.2. The fourth-order valence-electron chi connectivity index (χ4n) is 3.83. The number of anilines is 2. The van der Waals surface area contributed by atoms with E-state index < -0.39 is 10.0 Å². The quantitative estimate of drug-likeness (QED) is 0.759. The molecule has 0 aliphatic carbocycles. The molecule has 7 heteroatoms. The number of sulfonamides is 1. The number of hydrogen-bond donors (Lipinski definition) is 3. The second-order valence-corrected chi connectivity index (χ2v) is 8.88. The summed E-state index contributed by atoms with van der Waals surface area (Å²) in [6.07, 6.45) is 6.22. The van der Waals surface area contributed by atoms with Gasteiger partial charge in [0, 0.05) is 24.2 Å². The van der Waals surface area contributed by atoms with Gasteiger partial charge in [0.25, 0.3) is 0 Å². The number of piperidine rings is 1. The Kier molecular flexibility index (Phi) is 4.83. The molecular weight excluding hydrogens is 326 g/mol. The first kappa shape index (κ1) is 17.2. The maximum absolute atomic E-state index is 12.3. The Morgan fingerprint density at radius 3 is 2.54 bits per heavy atom. The van der Waals surface area contributed by atoms with Crippen LogP contribution in [-0.4, -0.2) is 32.7 Å². The third-order valence-corrected chi connectivity index (χ3v) is 5.45. The van der Waals surface area contributed by atoms with Crippen LogP contribution >= 0.6 is 0 Å². The first-order valence-corrected chi connectivity index (χ1v) is 10.3. The van der Waals surface area contributed by atoms with E-state index in [1.165, 1.54) is 12.8 Å². The van der Waals surface area contributed by atoms with Crippen LogP contribution in [0.1, 0.15) is 37.7 Å². The maximum atomic E-state index is 12.3. The highest BCUT2D eigenvalue weighted by molar-refractivity contribution is 7.92. The molecule has 1 aromatic carbocycles. The fraction of sp³-hybridized carbons (Fsp3) is 0.588. The number of benzene rings is 1. The number of carbonyl (C=O) groups excluding carboxylic acids is 1. The number of fused-ring (bicyclic) bond motifs is 2. The lowest BCUT2D eigenvalue weighted by molar-refractivity contribution is -0.117. The van der Waals surface area contributed by atoms with Gasteiger partial charge in [-0.3, -0.25) is 9.52 Å². The van der Waals surface area contributed by atoms with Gasteiger partial charge in [-0.2, -0.15) is 0 Å². The topological polar surface area (TPSA) is 87.3 Å². The number of carbonyl (C=O) groups is 1. The highest BCUT2D eigenvalue weighted by Crippen LogP contribution is 2.33. The number of hydrogen-bond acceptors (Lipinski definition) is 4. The molecule has 2 fully saturated rings. The molecule has 2 atom stereocenters. The van der Waals surface area contributed by atoms with Crippen LogP contribution in [0.2, 0.25) is 0 Å². The fourth-order valence-corrected chi connectivity index (χ4v) is 4.44. The zero-order valence-electron chi connectivity index (χ0n) is 14.1.